The number of rotatable bonds is 6. The molecule has 3 aromatic rings. The first-order valence-corrected chi connectivity index (χ1v) is 10.5. The van der Waals surface area contributed by atoms with Gasteiger partial charge in [-0.1, -0.05) is 6.07 Å². The van der Waals surface area contributed by atoms with Crippen LogP contribution in [-0.2, 0) is 24.6 Å². The molecule has 3 heterocycles. The van der Waals surface area contributed by atoms with E-state index in [1.807, 2.05) is 4.90 Å². The Labute approximate surface area is 198 Å². The van der Waals surface area contributed by atoms with E-state index in [2.05, 4.69) is 14.8 Å². The van der Waals surface area contributed by atoms with Crippen LogP contribution in [-0.4, -0.2) is 40.8 Å². The average Bonchev–Trinajstić information content (AvgIpc) is 2.85. The van der Waals surface area contributed by atoms with Crippen molar-refractivity contribution in [3.8, 4) is 17.4 Å². The molecular weight excluding hydrogens is 467 g/mol. The molecule has 9 nitrogen and oxygen atoms in total. The third-order valence-corrected chi connectivity index (χ3v) is 5.20. The molecule has 0 saturated carbocycles. The monoisotopic (exact) mass is 487 g/mol. The van der Waals surface area contributed by atoms with Gasteiger partial charge in [0.25, 0.3) is 0 Å². The zero-order chi connectivity index (χ0) is 25.0. The quantitative estimate of drug-likeness (QED) is 0.487. The third-order valence-electron chi connectivity index (χ3n) is 5.20. The fourth-order valence-corrected chi connectivity index (χ4v) is 3.42. The van der Waals surface area contributed by atoms with Crippen LogP contribution in [0.25, 0.3) is 4.85 Å². The Kier molecular flexibility index (Phi) is 6.88. The molecular formula is C23H20F3N5O4. The smallest absolute Gasteiger partial charge is 0.433 e. The molecule has 1 aromatic carbocycles. The summed E-state index contributed by atoms with van der Waals surface area (Å²) in [7, 11) is 1.63. The molecule has 182 valence electrons. The van der Waals surface area contributed by atoms with Gasteiger partial charge in [-0.05, 0) is 23.8 Å². The lowest BCUT2D eigenvalue weighted by molar-refractivity contribution is -0.141. The van der Waals surface area contributed by atoms with E-state index in [4.69, 9.17) is 20.8 Å². The topological polar surface area (TPSA) is 83.1 Å². The third kappa shape index (κ3) is 5.70. The molecule has 4 rings (SSSR count). The molecule has 0 spiro atoms. The summed E-state index contributed by atoms with van der Waals surface area (Å²) in [6, 6.07) is 8.28. The first-order valence-electron chi connectivity index (χ1n) is 10.5. The first-order chi connectivity index (χ1) is 16.7. The summed E-state index contributed by atoms with van der Waals surface area (Å²) in [5, 5.41) is 0. The van der Waals surface area contributed by atoms with Crippen molar-refractivity contribution in [2.75, 3.05) is 31.2 Å². The van der Waals surface area contributed by atoms with Gasteiger partial charge in [-0.2, -0.15) is 18.2 Å². The Balaban J connectivity index is 1.49. The molecule has 1 aliphatic rings. The van der Waals surface area contributed by atoms with Gasteiger partial charge in [0, 0.05) is 38.5 Å². The summed E-state index contributed by atoms with van der Waals surface area (Å²) < 4.78 is 56.7. The highest BCUT2D eigenvalue weighted by molar-refractivity contribution is 5.60. The van der Waals surface area contributed by atoms with Crippen LogP contribution in [0, 0.1) is 6.57 Å². The second-order valence-corrected chi connectivity index (χ2v) is 7.57. The standard InChI is InChI=1S/C23H20F3N5O4/c1-27-17-11-15(3-4-18(17)35-16-5-6-28-19(12-16)23(24,25)26)14-34-20-13-21(30(2)22(32)29-20)31-7-9-33-10-8-31/h3-6,11-13H,7-10,14H2,2H3. The molecule has 1 saturated heterocycles. The van der Waals surface area contributed by atoms with Gasteiger partial charge in [0.1, 0.15) is 29.6 Å². The largest absolute Gasteiger partial charge is 0.473 e. The fourth-order valence-electron chi connectivity index (χ4n) is 3.42. The normalized spacial score (nSPS) is 13.9. The van der Waals surface area contributed by atoms with Crippen LogP contribution in [0.5, 0.6) is 17.4 Å². The number of ether oxygens (including phenoxy) is 3. The SMILES string of the molecule is [C-]#[N+]c1cc(COc2cc(N3CCOCC3)n(C)c(=O)n2)ccc1Oc1ccnc(C(F)(F)F)c1. The molecule has 1 aliphatic heterocycles. The Morgan fingerprint density at radius 1 is 1.17 bits per heavy atom. The van der Waals surface area contributed by atoms with Crippen molar-refractivity contribution in [2.24, 2.45) is 7.05 Å². The number of aromatic nitrogens is 3. The minimum absolute atomic E-state index is 0.0129. The van der Waals surface area contributed by atoms with Crippen molar-refractivity contribution in [2.45, 2.75) is 12.8 Å². The van der Waals surface area contributed by atoms with Crippen LogP contribution >= 0.6 is 0 Å². The maximum absolute atomic E-state index is 12.9. The molecule has 12 heteroatoms. The van der Waals surface area contributed by atoms with Gasteiger partial charge in [0.15, 0.2) is 0 Å². The van der Waals surface area contributed by atoms with E-state index in [0.717, 1.165) is 12.3 Å². The molecule has 0 amide bonds. The summed E-state index contributed by atoms with van der Waals surface area (Å²) in [6.07, 6.45) is -3.63. The molecule has 0 unspecified atom stereocenters. The van der Waals surface area contributed by atoms with E-state index < -0.39 is 17.6 Å². The number of hydrogen-bond donors (Lipinski definition) is 0. The van der Waals surface area contributed by atoms with Crippen LogP contribution in [0.3, 0.4) is 0 Å². The van der Waals surface area contributed by atoms with Crippen LogP contribution < -0.4 is 20.1 Å². The second-order valence-electron chi connectivity index (χ2n) is 7.57. The van der Waals surface area contributed by atoms with Gasteiger partial charge in [-0.15, -0.1) is 0 Å². The summed E-state index contributed by atoms with van der Waals surface area (Å²) in [6.45, 7) is 9.80. The lowest BCUT2D eigenvalue weighted by Gasteiger charge is -2.29. The number of anilines is 1. The Morgan fingerprint density at radius 3 is 2.66 bits per heavy atom. The Morgan fingerprint density at radius 2 is 1.94 bits per heavy atom. The van der Waals surface area contributed by atoms with Gasteiger partial charge in [0.05, 0.1) is 19.8 Å². The van der Waals surface area contributed by atoms with Gasteiger partial charge in [-0.3, -0.25) is 9.55 Å². The molecule has 0 atom stereocenters. The second kappa shape index (κ2) is 10.0. The molecule has 2 aromatic heterocycles. The first kappa shape index (κ1) is 24.0. The van der Waals surface area contributed by atoms with Crippen molar-refractivity contribution in [3.63, 3.8) is 0 Å². The zero-order valence-electron chi connectivity index (χ0n) is 18.6. The van der Waals surface area contributed by atoms with E-state index in [9.17, 15) is 18.0 Å². The summed E-state index contributed by atoms with van der Waals surface area (Å²) >= 11 is 0. The average molecular weight is 487 g/mol. The number of alkyl halides is 3. The molecule has 35 heavy (non-hydrogen) atoms. The molecule has 0 radical (unpaired) electrons. The number of morpholine rings is 1. The molecule has 0 bridgehead atoms. The highest BCUT2D eigenvalue weighted by Crippen LogP contribution is 2.35. The van der Waals surface area contributed by atoms with E-state index in [0.29, 0.717) is 37.7 Å². The van der Waals surface area contributed by atoms with Crippen LogP contribution in [0.15, 0.2) is 47.4 Å². The van der Waals surface area contributed by atoms with Crippen molar-refractivity contribution < 1.29 is 27.4 Å². The predicted molar refractivity (Wildman–Crippen MR) is 119 cm³/mol. The van der Waals surface area contributed by atoms with Gasteiger partial charge in [-0.25, -0.2) is 9.64 Å². The molecule has 0 N–H and O–H groups in total. The minimum atomic E-state index is -4.61. The lowest BCUT2D eigenvalue weighted by atomic mass is 10.2. The van der Waals surface area contributed by atoms with Crippen molar-refractivity contribution in [3.05, 3.63) is 75.8 Å². The lowest BCUT2D eigenvalue weighted by Crippen LogP contribution is -2.39. The fraction of sp³-hybridized carbons (Fsp3) is 0.304. The zero-order valence-corrected chi connectivity index (χ0v) is 18.6. The summed E-state index contributed by atoms with van der Waals surface area (Å²) in [4.78, 5) is 24.9. The number of hydrogen-bond acceptors (Lipinski definition) is 7. The number of benzene rings is 1. The minimum Gasteiger partial charge on any atom is -0.473 e. The van der Waals surface area contributed by atoms with Crippen molar-refractivity contribution in [1.29, 1.82) is 0 Å². The maximum atomic E-state index is 12.9. The number of pyridine rings is 1. The molecule has 1 fully saturated rings. The van der Waals surface area contributed by atoms with Crippen LogP contribution in [0.1, 0.15) is 11.3 Å². The van der Waals surface area contributed by atoms with Crippen LogP contribution in [0.2, 0.25) is 0 Å². The predicted octanol–water partition coefficient (Wildman–Crippen LogP) is 3.95. The highest BCUT2D eigenvalue weighted by atomic mass is 19.4. The summed E-state index contributed by atoms with van der Waals surface area (Å²) in [5.41, 5.74) is -0.889. The Bertz CT molecular complexity index is 1310. The Hall–Kier alpha value is -4.11. The van der Waals surface area contributed by atoms with Crippen LogP contribution in [0.4, 0.5) is 24.7 Å². The van der Waals surface area contributed by atoms with Gasteiger partial charge in [0.2, 0.25) is 11.6 Å². The van der Waals surface area contributed by atoms with E-state index >= 15 is 0 Å². The highest BCUT2D eigenvalue weighted by Gasteiger charge is 2.32. The molecule has 0 aliphatic carbocycles. The van der Waals surface area contributed by atoms with E-state index in [-0.39, 0.29) is 29.7 Å². The van der Waals surface area contributed by atoms with Gasteiger partial charge < -0.3 is 19.1 Å². The maximum Gasteiger partial charge on any atom is 0.433 e. The van der Waals surface area contributed by atoms with E-state index in [1.165, 1.54) is 22.8 Å². The summed E-state index contributed by atoms with van der Waals surface area (Å²) in [5.74, 6) is 0.783. The van der Waals surface area contributed by atoms with E-state index in [1.54, 1.807) is 19.2 Å². The van der Waals surface area contributed by atoms with Crippen molar-refractivity contribution in [1.82, 2.24) is 14.5 Å². The number of halogens is 3. The van der Waals surface area contributed by atoms with Crippen molar-refractivity contribution >= 4 is 11.5 Å². The van der Waals surface area contributed by atoms with Gasteiger partial charge >= 0.3 is 11.9 Å². The number of nitrogens with zero attached hydrogens (tertiary/aromatic N) is 5.